The van der Waals surface area contributed by atoms with Crippen molar-refractivity contribution in [1.29, 1.82) is 5.41 Å². The number of alkyl halides is 3. The topological polar surface area (TPSA) is 73.3 Å². The highest BCUT2D eigenvalue weighted by Crippen LogP contribution is 2.22. The Bertz CT molecular complexity index is 403. The molecule has 4 nitrogen and oxygen atoms in total. The number of aliphatic hydroxyl groups excluding tert-OH is 1. The van der Waals surface area contributed by atoms with Crippen molar-refractivity contribution in [1.82, 2.24) is 0 Å². The van der Waals surface area contributed by atoms with Crippen LogP contribution in [0.3, 0.4) is 0 Å². The molecule has 0 unspecified atom stereocenters. The molecule has 0 fully saturated rings. The molecule has 1 aromatic rings. The molecule has 0 radical (unpaired) electrons. The Morgan fingerprint density at radius 3 is 2.22 bits per heavy atom. The zero-order chi connectivity index (χ0) is 13.8. The summed E-state index contributed by atoms with van der Waals surface area (Å²) < 4.78 is 37.0. The molecule has 1 aromatic carbocycles. The molecule has 18 heavy (non-hydrogen) atoms. The van der Waals surface area contributed by atoms with Crippen molar-refractivity contribution < 1.29 is 18.3 Å². The van der Waals surface area contributed by atoms with E-state index in [1.807, 2.05) is 0 Å². The van der Waals surface area contributed by atoms with Crippen LogP contribution in [0.4, 0.5) is 18.9 Å². The van der Waals surface area contributed by atoms with E-state index in [0.717, 1.165) is 4.90 Å². The summed E-state index contributed by atoms with van der Waals surface area (Å²) >= 11 is 0. The number of nitrogens with two attached hydrogens (primary N) is 1. The monoisotopic (exact) mass is 261 g/mol. The standard InChI is InChI=1S/C11H14F3N3O/c12-11(13,14)7-17(5-6-18)9-3-1-8(2-4-9)10(15)16/h1-4,18H,5-7H2,(H3,15,16). The molecule has 0 bridgehead atoms. The van der Waals surface area contributed by atoms with Gasteiger partial charge in [-0.1, -0.05) is 0 Å². The lowest BCUT2D eigenvalue weighted by molar-refractivity contribution is -0.119. The Labute approximate surface area is 102 Å². The van der Waals surface area contributed by atoms with Crippen LogP contribution in [0.25, 0.3) is 0 Å². The number of anilines is 1. The lowest BCUT2D eigenvalue weighted by Gasteiger charge is -2.25. The first-order valence-electron chi connectivity index (χ1n) is 5.20. The lowest BCUT2D eigenvalue weighted by Crippen LogP contribution is -2.36. The molecule has 1 rings (SSSR count). The number of rotatable bonds is 5. The van der Waals surface area contributed by atoms with Crippen LogP contribution in [0, 0.1) is 5.41 Å². The van der Waals surface area contributed by atoms with Gasteiger partial charge in [-0.3, -0.25) is 5.41 Å². The highest BCUT2D eigenvalue weighted by atomic mass is 19.4. The minimum atomic E-state index is -4.34. The Morgan fingerprint density at radius 2 is 1.83 bits per heavy atom. The van der Waals surface area contributed by atoms with Crippen molar-refractivity contribution >= 4 is 11.5 Å². The minimum Gasteiger partial charge on any atom is -0.395 e. The average molecular weight is 261 g/mol. The summed E-state index contributed by atoms with van der Waals surface area (Å²) in [6.07, 6.45) is -4.34. The van der Waals surface area contributed by atoms with Crippen molar-refractivity contribution in [3.63, 3.8) is 0 Å². The third kappa shape index (κ3) is 4.25. The van der Waals surface area contributed by atoms with Crippen LogP contribution in [-0.2, 0) is 0 Å². The molecule has 7 heteroatoms. The molecule has 0 aliphatic carbocycles. The molecule has 4 N–H and O–H groups in total. The summed E-state index contributed by atoms with van der Waals surface area (Å²) in [6, 6.07) is 5.83. The van der Waals surface area contributed by atoms with Gasteiger partial charge in [-0.05, 0) is 24.3 Å². The molecular formula is C11H14F3N3O. The molecule has 0 spiro atoms. The first-order chi connectivity index (χ1) is 8.33. The van der Waals surface area contributed by atoms with Crippen molar-refractivity contribution in [2.75, 3.05) is 24.6 Å². The van der Waals surface area contributed by atoms with Crippen molar-refractivity contribution in [3.05, 3.63) is 29.8 Å². The third-order valence-electron chi connectivity index (χ3n) is 2.28. The SMILES string of the molecule is N=C(N)c1ccc(N(CCO)CC(F)(F)F)cc1. The second-order valence-corrected chi connectivity index (χ2v) is 3.72. The molecule has 0 aromatic heterocycles. The predicted octanol–water partition coefficient (Wildman–Crippen LogP) is 1.33. The summed E-state index contributed by atoms with van der Waals surface area (Å²) in [5.41, 5.74) is 6.01. The number of nitrogens with zero attached hydrogens (tertiary/aromatic N) is 1. The first kappa shape index (κ1) is 14.3. The summed E-state index contributed by atoms with van der Waals surface area (Å²) in [5.74, 6) is -0.147. The highest BCUT2D eigenvalue weighted by molar-refractivity contribution is 5.95. The number of aliphatic hydroxyl groups is 1. The Morgan fingerprint density at radius 1 is 1.28 bits per heavy atom. The van der Waals surface area contributed by atoms with Crippen LogP contribution in [0.5, 0.6) is 0 Å². The first-order valence-corrected chi connectivity index (χ1v) is 5.20. The van der Waals surface area contributed by atoms with Gasteiger partial charge in [0.05, 0.1) is 6.61 Å². The zero-order valence-electron chi connectivity index (χ0n) is 9.54. The summed E-state index contributed by atoms with van der Waals surface area (Å²) in [7, 11) is 0. The molecule has 0 saturated heterocycles. The van der Waals surface area contributed by atoms with Crippen LogP contribution < -0.4 is 10.6 Å². The van der Waals surface area contributed by atoms with E-state index in [2.05, 4.69) is 0 Å². The Hall–Kier alpha value is -1.76. The Balaban J connectivity index is 2.88. The number of halogens is 3. The summed E-state index contributed by atoms with van der Waals surface area (Å²) in [4.78, 5) is 1.02. The van der Waals surface area contributed by atoms with Crippen molar-refractivity contribution in [3.8, 4) is 0 Å². The van der Waals surface area contributed by atoms with Crippen LogP contribution in [0.1, 0.15) is 5.56 Å². The van der Waals surface area contributed by atoms with Gasteiger partial charge in [0.15, 0.2) is 0 Å². The van der Waals surface area contributed by atoms with E-state index in [0.29, 0.717) is 11.3 Å². The van der Waals surface area contributed by atoms with Crippen LogP contribution in [0.15, 0.2) is 24.3 Å². The number of hydrogen-bond donors (Lipinski definition) is 3. The number of amidine groups is 1. The quantitative estimate of drug-likeness (QED) is 0.553. The van der Waals surface area contributed by atoms with E-state index in [9.17, 15) is 13.2 Å². The average Bonchev–Trinajstić information content (AvgIpc) is 2.27. The molecule has 0 aliphatic rings. The van der Waals surface area contributed by atoms with Crippen LogP contribution in [0.2, 0.25) is 0 Å². The normalized spacial score (nSPS) is 11.3. The number of nitrogen functional groups attached to an aromatic ring is 1. The third-order valence-corrected chi connectivity index (χ3v) is 2.28. The fourth-order valence-electron chi connectivity index (χ4n) is 1.49. The second-order valence-electron chi connectivity index (χ2n) is 3.72. The largest absolute Gasteiger partial charge is 0.405 e. The molecule has 0 heterocycles. The van der Waals surface area contributed by atoms with Crippen molar-refractivity contribution in [2.24, 2.45) is 5.73 Å². The summed E-state index contributed by atoms with van der Waals surface area (Å²) in [5, 5.41) is 16.0. The maximum absolute atomic E-state index is 12.3. The van der Waals surface area contributed by atoms with Gasteiger partial charge in [0.2, 0.25) is 0 Å². The fraction of sp³-hybridized carbons (Fsp3) is 0.364. The molecule has 0 saturated carbocycles. The Kier molecular flexibility index (Phi) is 4.55. The lowest BCUT2D eigenvalue weighted by atomic mass is 10.2. The predicted molar refractivity (Wildman–Crippen MR) is 62.8 cm³/mol. The molecule has 0 atom stereocenters. The number of nitrogens with one attached hydrogen (secondary N) is 1. The summed E-state index contributed by atoms with van der Waals surface area (Å²) in [6.45, 7) is -1.61. The van der Waals surface area contributed by atoms with Gasteiger partial charge in [0.25, 0.3) is 0 Å². The smallest absolute Gasteiger partial charge is 0.395 e. The maximum atomic E-state index is 12.3. The van der Waals surface area contributed by atoms with E-state index >= 15 is 0 Å². The maximum Gasteiger partial charge on any atom is 0.405 e. The minimum absolute atomic E-state index is 0.112. The van der Waals surface area contributed by atoms with E-state index in [1.54, 1.807) is 0 Å². The second kappa shape index (κ2) is 5.72. The van der Waals surface area contributed by atoms with Crippen LogP contribution >= 0.6 is 0 Å². The van der Waals surface area contributed by atoms with Gasteiger partial charge in [-0.2, -0.15) is 13.2 Å². The molecule has 0 amide bonds. The molecule has 0 aliphatic heterocycles. The van der Waals surface area contributed by atoms with Crippen molar-refractivity contribution in [2.45, 2.75) is 6.18 Å². The zero-order valence-corrected chi connectivity index (χ0v) is 9.54. The van der Waals surface area contributed by atoms with Gasteiger partial charge in [0.1, 0.15) is 12.4 Å². The van der Waals surface area contributed by atoms with Crippen LogP contribution in [-0.4, -0.2) is 36.8 Å². The van der Waals surface area contributed by atoms with E-state index in [4.69, 9.17) is 16.2 Å². The highest BCUT2D eigenvalue weighted by Gasteiger charge is 2.30. The van der Waals surface area contributed by atoms with E-state index in [1.165, 1.54) is 24.3 Å². The number of benzene rings is 1. The number of hydrogen-bond acceptors (Lipinski definition) is 3. The molecular weight excluding hydrogens is 247 g/mol. The van der Waals surface area contributed by atoms with Gasteiger partial charge >= 0.3 is 6.18 Å². The van der Waals surface area contributed by atoms with E-state index in [-0.39, 0.29) is 19.0 Å². The van der Waals surface area contributed by atoms with Gasteiger partial charge < -0.3 is 15.7 Å². The fourth-order valence-corrected chi connectivity index (χ4v) is 1.49. The van der Waals surface area contributed by atoms with Gasteiger partial charge in [-0.15, -0.1) is 0 Å². The molecule has 100 valence electrons. The van der Waals surface area contributed by atoms with Gasteiger partial charge in [-0.25, -0.2) is 0 Å². The van der Waals surface area contributed by atoms with E-state index < -0.39 is 12.7 Å². The van der Waals surface area contributed by atoms with Gasteiger partial charge in [0, 0.05) is 17.8 Å².